The Hall–Kier alpha value is -0.740. The number of aromatic nitrogens is 2. The first-order valence-electron chi connectivity index (χ1n) is 6.28. The second kappa shape index (κ2) is 5.27. The molecule has 3 nitrogen and oxygen atoms in total. The molecule has 0 saturated carbocycles. The maximum absolute atomic E-state index is 5.50. The third kappa shape index (κ3) is 2.58. The fraction of sp³-hybridized carbons (Fsp3) is 0.692. The zero-order chi connectivity index (χ0) is 12.4. The van der Waals surface area contributed by atoms with Gasteiger partial charge in [-0.3, -0.25) is 0 Å². The topological polar surface area (TPSA) is 37.9 Å². The van der Waals surface area contributed by atoms with E-state index in [-0.39, 0.29) is 6.10 Å². The van der Waals surface area contributed by atoms with Crippen molar-refractivity contribution in [3.05, 3.63) is 21.7 Å². The highest BCUT2D eigenvalue weighted by Crippen LogP contribution is 2.26. The van der Waals surface area contributed by atoms with E-state index < -0.39 is 0 Å². The highest BCUT2D eigenvalue weighted by Gasteiger charge is 2.20. The van der Waals surface area contributed by atoms with Gasteiger partial charge in [-0.15, -0.1) is 0 Å². The van der Waals surface area contributed by atoms with E-state index in [1.165, 1.54) is 24.1 Å². The van der Waals surface area contributed by atoms with E-state index in [2.05, 4.69) is 23.8 Å². The Morgan fingerprint density at radius 2 is 2.00 bits per heavy atom. The van der Waals surface area contributed by atoms with Gasteiger partial charge in [0.15, 0.2) is 0 Å². The molecule has 1 heterocycles. The number of fused-ring (bicyclic) bond motifs is 1. The van der Waals surface area contributed by atoms with E-state index in [9.17, 15) is 0 Å². The molecule has 0 bridgehead atoms. The predicted molar refractivity (Wildman–Crippen MR) is 70.7 cm³/mol. The Labute approximate surface area is 108 Å². The van der Waals surface area contributed by atoms with Gasteiger partial charge in [-0.2, -0.15) is 0 Å². The fourth-order valence-corrected chi connectivity index (χ4v) is 2.80. The van der Waals surface area contributed by atoms with Crippen LogP contribution in [0.4, 0.5) is 0 Å². The van der Waals surface area contributed by atoms with Crippen molar-refractivity contribution in [3.63, 3.8) is 0 Å². The molecule has 0 aromatic carbocycles. The highest BCUT2D eigenvalue weighted by atomic mass is 32.1. The SMILES string of the molecule is COC(c1nc(=S)c2c([nH]1)CCCC2)C(C)C. The van der Waals surface area contributed by atoms with Crippen LogP contribution in [0.3, 0.4) is 0 Å². The summed E-state index contributed by atoms with van der Waals surface area (Å²) in [5.74, 6) is 1.27. The molecule has 0 radical (unpaired) electrons. The minimum atomic E-state index is 0.00364. The lowest BCUT2D eigenvalue weighted by atomic mass is 9.97. The van der Waals surface area contributed by atoms with Crippen LogP contribution in [0.1, 0.15) is 49.9 Å². The lowest BCUT2D eigenvalue weighted by Crippen LogP contribution is -2.17. The van der Waals surface area contributed by atoms with Gasteiger partial charge in [0.25, 0.3) is 0 Å². The summed E-state index contributed by atoms with van der Waals surface area (Å²) in [6.07, 6.45) is 4.62. The average Bonchev–Trinajstić information content (AvgIpc) is 2.29. The predicted octanol–water partition coefficient (Wildman–Crippen LogP) is 3.36. The monoisotopic (exact) mass is 252 g/mol. The number of hydrogen-bond donors (Lipinski definition) is 1. The molecule has 0 amide bonds. The second-order valence-electron chi connectivity index (χ2n) is 4.99. The van der Waals surface area contributed by atoms with Crippen LogP contribution in [0.5, 0.6) is 0 Å². The van der Waals surface area contributed by atoms with Gasteiger partial charge in [-0.1, -0.05) is 26.1 Å². The first kappa shape index (κ1) is 12.7. The van der Waals surface area contributed by atoms with E-state index in [0.717, 1.165) is 23.3 Å². The molecular formula is C13H20N2OS. The summed E-state index contributed by atoms with van der Waals surface area (Å²) in [6, 6.07) is 0. The van der Waals surface area contributed by atoms with Crippen molar-refractivity contribution in [2.45, 2.75) is 45.6 Å². The van der Waals surface area contributed by atoms with Crippen molar-refractivity contribution in [2.24, 2.45) is 5.92 Å². The van der Waals surface area contributed by atoms with Crippen LogP contribution in [-0.2, 0) is 17.6 Å². The average molecular weight is 252 g/mol. The van der Waals surface area contributed by atoms with Crippen molar-refractivity contribution in [2.75, 3.05) is 7.11 Å². The van der Waals surface area contributed by atoms with Gasteiger partial charge in [-0.05, 0) is 31.6 Å². The number of aryl methyl sites for hydroxylation is 1. The fourth-order valence-electron chi connectivity index (χ4n) is 2.47. The molecule has 94 valence electrons. The Balaban J connectivity index is 2.43. The van der Waals surface area contributed by atoms with Crippen LogP contribution in [0.2, 0.25) is 0 Å². The number of nitrogens with zero attached hydrogens (tertiary/aromatic N) is 1. The minimum Gasteiger partial charge on any atom is -0.373 e. The first-order chi connectivity index (χ1) is 8.13. The number of H-pyrrole nitrogens is 1. The van der Waals surface area contributed by atoms with Crippen LogP contribution >= 0.6 is 12.2 Å². The van der Waals surface area contributed by atoms with E-state index in [4.69, 9.17) is 17.0 Å². The molecule has 1 unspecified atom stereocenters. The van der Waals surface area contributed by atoms with E-state index in [1.807, 2.05) is 0 Å². The lowest BCUT2D eigenvalue weighted by molar-refractivity contribution is 0.0571. The van der Waals surface area contributed by atoms with Crippen molar-refractivity contribution < 1.29 is 4.74 Å². The molecule has 2 rings (SSSR count). The van der Waals surface area contributed by atoms with E-state index in [0.29, 0.717) is 5.92 Å². The number of methoxy groups -OCH3 is 1. The summed E-state index contributed by atoms with van der Waals surface area (Å²) in [6.45, 7) is 4.26. The van der Waals surface area contributed by atoms with Crippen molar-refractivity contribution >= 4 is 12.2 Å². The Bertz CT molecular complexity index is 453. The standard InChI is InChI=1S/C13H20N2OS/c1-8(2)11(16-3)12-14-10-7-5-4-6-9(10)13(17)15-12/h8,11H,4-7H2,1-3H3,(H,14,15,17). The maximum atomic E-state index is 5.50. The van der Waals surface area contributed by atoms with E-state index >= 15 is 0 Å². The summed E-state index contributed by atoms with van der Waals surface area (Å²) >= 11 is 5.39. The molecule has 1 aromatic rings. The van der Waals surface area contributed by atoms with Gasteiger partial charge >= 0.3 is 0 Å². The van der Waals surface area contributed by atoms with Crippen molar-refractivity contribution in [1.82, 2.24) is 9.97 Å². The quantitative estimate of drug-likeness (QED) is 0.838. The van der Waals surface area contributed by atoms with Crippen LogP contribution in [0, 0.1) is 10.6 Å². The number of aromatic amines is 1. The summed E-state index contributed by atoms with van der Waals surface area (Å²) in [5.41, 5.74) is 2.52. The molecule has 1 aliphatic rings. The smallest absolute Gasteiger partial charge is 0.137 e. The van der Waals surface area contributed by atoms with Gasteiger partial charge in [-0.25, -0.2) is 4.98 Å². The van der Waals surface area contributed by atoms with Gasteiger partial charge < -0.3 is 9.72 Å². The normalized spacial score (nSPS) is 16.9. The summed E-state index contributed by atoms with van der Waals surface area (Å²) < 4.78 is 6.26. The zero-order valence-corrected chi connectivity index (χ0v) is 11.6. The molecule has 1 atom stereocenters. The summed E-state index contributed by atoms with van der Waals surface area (Å²) in [4.78, 5) is 7.95. The van der Waals surface area contributed by atoms with Crippen molar-refractivity contribution in [1.29, 1.82) is 0 Å². The maximum Gasteiger partial charge on any atom is 0.137 e. The Morgan fingerprint density at radius 3 is 2.65 bits per heavy atom. The molecule has 0 spiro atoms. The number of ether oxygens (including phenoxy) is 1. The molecular weight excluding hydrogens is 232 g/mol. The van der Waals surface area contributed by atoms with Gasteiger partial charge in [0.05, 0.1) is 0 Å². The van der Waals surface area contributed by atoms with Gasteiger partial charge in [0, 0.05) is 18.4 Å². The lowest BCUT2D eigenvalue weighted by Gasteiger charge is -2.22. The third-order valence-electron chi connectivity index (χ3n) is 3.36. The molecule has 1 aliphatic carbocycles. The zero-order valence-electron chi connectivity index (χ0n) is 10.7. The molecule has 17 heavy (non-hydrogen) atoms. The second-order valence-corrected chi connectivity index (χ2v) is 5.38. The molecule has 0 fully saturated rings. The van der Waals surface area contributed by atoms with Crippen molar-refractivity contribution in [3.8, 4) is 0 Å². The Morgan fingerprint density at radius 1 is 1.29 bits per heavy atom. The molecule has 0 saturated heterocycles. The van der Waals surface area contributed by atoms with E-state index in [1.54, 1.807) is 7.11 Å². The molecule has 4 heteroatoms. The van der Waals surface area contributed by atoms with Crippen LogP contribution in [-0.4, -0.2) is 17.1 Å². The van der Waals surface area contributed by atoms with Gasteiger partial charge in [0.2, 0.25) is 0 Å². The highest BCUT2D eigenvalue weighted by molar-refractivity contribution is 7.71. The van der Waals surface area contributed by atoms with Crippen LogP contribution in [0.15, 0.2) is 0 Å². The third-order valence-corrected chi connectivity index (χ3v) is 3.69. The Kier molecular flexibility index (Phi) is 3.94. The minimum absolute atomic E-state index is 0.00364. The van der Waals surface area contributed by atoms with Crippen LogP contribution < -0.4 is 0 Å². The number of rotatable bonds is 3. The largest absolute Gasteiger partial charge is 0.373 e. The van der Waals surface area contributed by atoms with Gasteiger partial charge in [0.1, 0.15) is 16.6 Å². The first-order valence-corrected chi connectivity index (χ1v) is 6.69. The molecule has 0 aliphatic heterocycles. The molecule has 1 N–H and O–H groups in total. The van der Waals surface area contributed by atoms with Crippen LogP contribution in [0.25, 0.3) is 0 Å². The number of hydrogen-bond acceptors (Lipinski definition) is 3. The number of nitrogens with one attached hydrogen (secondary N) is 1. The molecule has 1 aromatic heterocycles. The summed E-state index contributed by atoms with van der Waals surface area (Å²) in [5, 5.41) is 0. The summed E-state index contributed by atoms with van der Waals surface area (Å²) in [7, 11) is 1.72.